The number of pyridine rings is 1. The molecule has 0 aliphatic heterocycles. The van der Waals surface area contributed by atoms with Crippen LogP contribution in [0.1, 0.15) is 26.4 Å². The predicted molar refractivity (Wildman–Crippen MR) is 94.3 cm³/mol. The van der Waals surface area contributed by atoms with Crippen LogP contribution in [-0.4, -0.2) is 48.9 Å². The summed E-state index contributed by atoms with van der Waals surface area (Å²) in [7, 11) is 3.87. The van der Waals surface area contributed by atoms with E-state index >= 15 is 0 Å². The Bertz CT molecular complexity index is 728. The second-order valence-corrected chi connectivity index (χ2v) is 5.76. The number of carbonyl (C=O) groups excluding carboxylic acids is 2. The Hall–Kier alpha value is -2.73. The van der Waals surface area contributed by atoms with Gasteiger partial charge in [0.05, 0.1) is 0 Å². The lowest BCUT2D eigenvalue weighted by Gasteiger charge is -2.11. The summed E-state index contributed by atoms with van der Waals surface area (Å²) in [4.78, 5) is 30.5. The second kappa shape index (κ2) is 8.21. The molecule has 24 heavy (non-hydrogen) atoms. The molecule has 6 heteroatoms. The Morgan fingerprint density at radius 3 is 2.58 bits per heavy atom. The van der Waals surface area contributed by atoms with E-state index in [0.717, 1.165) is 17.8 Å². The van der Waals surface area contributed by atoms with Crippen molar-refractivity contribution in [1.82, 2.24) is 15.2 Å². The van der Waals surface area contributed by atoms with Gasteiger partial charge < -0.3 is 15.5 Å². The van der Waals surface area contributed by atoms with Gasteiger partial charge >= 0.3 is 0 Å². The van der Waals surface area contributed by atoms with Gasteiger partial charge in [0, 0.05) is 30.5 Å². The number of amides is 2. The van der Waals surface area contributed by atoms with Crippen LogP contribution in [0.15, 0.2) is 42.6 Å². The topological polar surface area (TPSA) is 74.3 Å². The number of likely N-dealkylation sites (N-methyl/N-ethyl adjacent to an activating group) is 1. The van der Waals surface area contributed by atoms with Crippen molar-refractivity contribution < 1.29 is 9.59 Å². The highest BCUT2D eigenvalue weighted by Crippen LogP contribution is 2.14. The van der Waals surface area contributed by atoms with Crippen molar-refractivity contribution in [2.45, 2.75) is 6.92 Å². The molecule has 6 nitrogen and oxygen atoms in total. The second-order valence-electron chi connectivity index (χ2n) is 5.76. The van der Waals surface area contributed by atoms with Crippen molar-refractivity contribution in [3.05, 3.63) is 59.4 Å². The van der Waals surface area contributed by atoms with Gasteiger partial charge in [-0.3, -0.25) is 14.6 Å². The van der Waals surface area contributed by atoms with Gasteiger partial charge in [0.15, 0.2) is 0 Å². The van der Waals surface area contributed by atoms with Crippen molar-refractivity contribution in [2.24, 2.45) is 0 Å². The number of aryl methyl sites for hydroxylation is 1. The highest BCUT2D eigenvalue weighted by Gasteiger charge is 2.12. The molecule has 2 N–H and O–H groups in total. The van der Waals surface area contributed by atoms with Crippen molar-refractivity contribution >= 4 is 17.5 Å². The molecule has 1 heterocycles. The first-order valence-corrected chi connectivity index (χ1v) is 7.73. The van der Waals surface area contributed by atoms with Crippen molar-refractivity contribution in [1.29, 1.82) is 0 Å². The Morgan fingerprint density at radius 2 is 1.88 bits per heavy atom. The van der Waals surface area contributed by atoms with E-state index in [1.807, 2.05) is 50.2 Å². The molecule has 0 atom stereocenters. The maximum absolute atomic E-state index is 12.3. The zero-order valence-corrected chi connectivity index (χ0v) is 14.2. The van der Waals surface area contributed by atoms with Crippen LogP contribution in [0.4, 0.5) is 5.69 Å². The third kappa shape index (κ3) is 4.89. The van der Waals surface area contributed by atoms with Crippen LogP contribution in [0.2, 0.25) is 0 Å². The molecule has 2 amide bonds. The number of nitrogens with zero attached hydrogens (tertiary/aromatic N) is 2. The molecular weight excluding hydrogens is 304 g/mol. The monoisotopic (exact) mass is 326 g/mol. The number of rotatable bonds is 6. The third-order valence-electron chi connectivity index (χ3n) is 3.49. The van der Waals surface area contributed by atoms with Crippen LogP contribution in [-0.2, 0) is 0 Å². The molecular formula is C18H22N4O2. The Labute approximate surface area is 141 Å². The van der Waals surface area contributed by atoms with E-state index in [1.165, 1.54) is 12.3 Å². The fraction of sp³-hybridized carbons (Fsp3) is 0.278. The molecule has 2 aromatic rings. The van der Waals surface area contributed by atoms with Gasteiger partial charge in [-0.25, -0.2) is 0 Å². The summed E-state index contributed by atoms with van der Waals surface area (Å²) in [6.07, 6.45) is 1.47. The number of nitrogens with one attached hydrogen (secondary N) is 2. The van der Waals surface area contributed by atoms with Crippen molar-refractivity contribution in [2.75, 3.05) is 32.5 Å². The van der Waals surface area contributed by atoms with Gasteiger partial charge in [-0.15, -0.1) is 0 Å². The summed E-state index contributed by atoms with van der Waals surface area (Å²) in [6.45, 7) is 3.20. The number of anilines is 1. The maximum atomic E-state index is 12.3. The van der Waals surface area contributed by atoms with Crippen LogP contribution in [0.5, 0.6) is 0 Å². The molecule has 0 bridgehead atoms. The van der Waals surface area contributed by atoms with E-state index in [0.29, 0.717) is 12.1 Å². The summed E-state index contributed by atoms with van der Waals surface area (Å²) >= 11 is 0. The molecule has 0 spiro atoms. The molecule has 0 aliphatic carbocycles. The third-order valence-corrected chi connectivity index (χ3v) is 3.49. The quantitative estimate of drug-likeness (QED) is 0.851. The lowest BCUT2D eigenvalue weighted by atomic mass is 10.2. The normalized spacial score (nSPS) is 10.5. The Kier molecular flexibility index (Phi) is 6.03. The average Bonchev–Trinajstić information content (AvgIpc) is 2.56. The highest BCUT2D eigenvalue weighted by atomic mass is 16.2. The standard InChI is InChI=1S/C18H22N4O2/c1-13-6-4-5-7-15(13)21-18(24)16-12-14(8-9-19-16)17(23)20-10-11-22(2)3/h4-9,12H,10-11H2,1-3H3,(H,20,23)(H,21,24). The lowest BCUT2D eigenvalue weighted by Crippen LogP contribution is -2.31. The molecule has 0 unspecified atom stereocenters. The molecule has 0 aliphatic rings. The maximum Gasteiger partial charge on any atom is 0.274 e. The minimum Gasteiger partial charge on any atom is -0.351 e. The van der Waals surface area contributed by atoms with E-state index in [1.54, 1.807) is 6.07 Å². The summed E-state index contributed by atoms with van der Waals surface area (Å²) in [6, 6.07) is 10.6. The SMILES string of the molecule is Cc1ccccc1NC(=O)c1cc(C(=O)NCCN(C)C)ccn1. The van der Waals surface area contributed by atoms with Gasteiger partial charge in [0.2, 0.25) is 0 Å². The molecule has 0 radical (unpaired) electrons. The zero-order valence-electron chi connectivity index (χ0n) is 14.2. The van der Waals surface area contributed by atoms with Crippen LogP contribution in [0.3, 0.4) is 0 Å². The lowest BCUT2D eigenvalue weighted by molar-refractivity contribution is 0.0951. The number of carbonyl (C=O) groups is 2. The first-order valence-electron chi connectivity index (χ1n) is 7.73. The first kappa shape index (κ1) is 17.6. The van der Waals surface area contributed by atoms with Crippen molar-refractivity contribution in [3.63, 3.8) is 0 Å². The van der Waals surface area contributed by atoms with Gasteiger partial charge in [0.25, 0.3) is 11.8 Å². The summed E-state index contributed by atoms with van der Waals surface area (Å²) < 4.78 is 0. The van der Waals surface area contributed by atoms with E-state index < -0.39 is 0 Å². The van der Waals surface area contributed by atoms with Crippen LogP contribution >= 0.6 is 0 Å². The van der Waals surface area contributed by atoms with E-state index in [2.05, 4.69) is 15.6 Å². The number of aromatic nitrogens is 1. The van der Waals surface area contributed by atoms with Crippen LogP contribution < -0.4 is 10.6 Å². The zero-order chi connectivity index (χ0) is 17.5. The molecule has 0 fully saturated rings. The fourth-order valence-electron chi connectivity index (χ4n) is 2.09. The van der Waals surface area contributed by atoms with E-state index in [-0.39, 0.29) is 17.5 Å². The van der Waals surface area contributed by atoms with Crippen LogP contribution in [0, 0.1) is 6.92 Å². The molecule has 126 valence electrons. The van der Waals surface area contributed by atoms with Gasteiger partial charge in [-0.05, 0) is 44.8 Å². The smallest absolute Gasteiger partial charge is 0.274 e. The Morgan fingerprint density at radius 1 is 1.12 bits per heavy atom. The van der Waals surface area contributed by atoms with Crippen LogP contribution in [0.25, 0.3) is 0 Å². The van der Waals surface area contributed by atoms with E-state index in [4.69, 9.17) is 0 Å². The summed E-state index contributed by atoms with van der Waals surface area (Å²) in [5.41, 5.74) is 2.31. The molecule has 0 saturated carbocycles. The average molecular weight is 326 g/mol. The van der Waals surface area contributed by atoms with E-state index in [9.17, 15) is 9.59 Å². The number of para-hydroxylation sites is 1. The number of hydrogen-bond donors (Lipinski definition) is 2. The van der Waals surface area contributed by atoms with Crippen molar-refractivity contribution in [3.8, 4) is 0 Å². The van der Waals surface area contributed by atoms with Gasteiger partial charge in [0.1, 0.15) is 5.69 Å². The number of hydrogen-bond acceptors (Lipinski definition) is 4. The Balaban J connectivity index is 2.05. The first-order chi connectivity index (χ1) is 11.5. The summed E-state index contributed by atoms with van der Waals surface area (Å²) in [5, 5.41) is 5.63. The molecule has 0 saturated heterocycles. The van der Waals surface area contributed by atoms with Gasteiger partial charge in [-0.2, -0.15) is 0 Å². The fourth-order valence-corrected chi connectivity index (χ4v) is 2.09. The molecule has 2 rings (SSSR count). The minimum atomic E-state index is -0.341. The predicted octanol–water partition coefficient (Wildman–Crippen LogP) is 1.93. The highest BCUT2D eigenvalue weighted by molar-refractivity contribution is 6.05. The van der Waals surface area contributed by atoms with Gasteiger partial charge in [-0.1, -0.05) is 18.2 Å². The molecule has 1 aromatic carbocycles. The minimum absolute atomic E-state index is 0.207. The summed E-state index contributed by atoms with van der Waals surface area (Å²) in [5.74, 6) is -0.559. The number of benzene rings is 1. The largest absolute Gasteiger partial charge is 0.351 e. The molecule has 1 aromatic heterocycles.